The number of unbranched alkanes of at least 4 members (excludes halogenated alkanes) is 2. The van der Waals surface area contributed by atoms with E-state index in [9.17, 15) is 8.42 Å². The summed E-state index contributed by atoms with van der Waals surface area (Å²) in [4.78, 5) is 0. The second kappa shape index (κ2) is 4.66. The quantitative estimate of drug-likeness (QED) is 0.706. The Balaban J connectivity index is 2.58. The summed E-state index contributed by atoms with van der Waals surface area (Å²) in [6.45, 7) is 2.04. The lowest BCUT2D eigenvalue weighted by atomic mass is 10.3. The molecule has 0 bridgehead atoms. The van der Waals surface area contributed by atoms with Gasteiger partial charge in [-0.3, -0.25) is 0 Å². The molecule has 1 aromatic heterocycles. The molecule has 0 N–H and O–H groups in total. The van der Waals surface area contributed by atoms with Crippen molar-refractivity contribution in [1.82, 2.24) is 10.2 Å². The summed E-state index contributed by atoms with van der Waals surface area (Å²) in [6, 6.07) is 0. The van der Waals surface area contributed by atoms with E-state index in [1.54, 1.807) is 0 Å². The Hall–Kier alpha value is -0.490. The Morgan fingerprint density at radius 1 is 1.46 bits per heavy atom. The first-order chi connectivity index (χ1) is 6.17. The highest BCUT2D eigenvalue weighted by molar-refractivity contribution is 7.93. The summed E-state index contributed by atoms with van der Waals surface area (Å²) in [5.41, 5.74) is 1.44. The molecule has 0 spiro atoms. The van der Waals surface area contributed by atoms with E-state index in [0.717, 1.165) is 24.2 Å². The molecule has 0 fully saturated rings. The third-order valence-corrected chi connectivity index (χ3v) is 4.60. The average Bonchev–Trinajstić information content (AvgIpc) is 2.56. The van der Waals surface area contributed by atoms with Crippen LogP contribution in [0.3, 0.4) is 0 Å². The van der Waals surface area contributed by atoms with Crippen LogP contribution in [0.25, 0.3) is 0 Å². The van der Waals surface area contributed by atoms with Crippen molar-refractivity contribution in [3.05, 3.63) is 5.51 Å². The van der Waals surface area contributed by atoms with Gasteiger partial charge in [0.2, 0.25) is 14.2 Å². The summed E-state index contributed by atoms with van der Waals surface area (Å²) in [7, 11) is -3.14. The Morgan fingerprint density at radius 2 is 2.23 bits per heavy atom. The van der Waals surface area contributed by atoms with Crippen LogP contribution < -0.4 is 0 Å². The maximum atomic E-state index is 11.5. The van der Waals surface area contributed by atoms with Crippen molar-refractivity contribution in [3.8, 4) is 0 Å². The molecule has 6 heteroatoms. The van der Waals surface area contributed by atoms with Crippen molar-refractivity contribution in [2.75, 3.05) is 5.75 Å². The third kappa shape index (κ3) is 3.04. The second-order valence-corrected chi connectivity index (χ2v) is 5.85. The molecule has 0 radical (unpaired) electrons. The molecule has 0 aromatic carbocycles. The van der Waals surface area contributed by atoms with Gasteiger partial charge in [0, 0.05) is 0 Å². The molecule has 0 saturated carbocycles. The lowest BCUT2D eigenvalue weighted by molar-refractivity contribution is 0.589. The number of hydrogen-bond donors (Lipinski definition) is 0. The van der Waals surface area contributed by atoms with Crippen LogP contribution in [-0.4, -0.2) is 24.4 Å². The predicted molar refractivity (Wildman–Crippen MR) is 51.5 cm³/mol. The molecule has 74 valence electrons. The molecule has 0 saturated heterocycles. The van der Waals surface area contributed by atoms with Gasteiger partial charge in [-0.1, -0.05) is 31.1 Å². The van der Waals surface area contributed by atoms with Gasteiger partial charge in [-0.05, 0) is 6.42 Å². The van der Waals surface area contributed by atoms with Crippen LogP contribution in [0.1, 0.15) is 26.2 Å². The Morgan fingerprint density at radius 3 is 2.77 bits per heavy atom. The maximum absolute atomic E-state index is 11.5. The first-order valence-electron chi connectivity index (χ1n) is 4.15. The van der Waals surface area contributed by atoms with Gasteiger partial charge in [-0.2, -0.15) is 0 Å². The zero-order chi connectivity index (χ0) is 9.73. The van der Waals surface area contributed by atoms with Crippen molar-refractivity contribution < 1.29 is 8.42 Å². The van der Waals surface area contributed by atoms with Gasteiger partial charge in [0.15, 0.2) is 0 Å². The van der Waals surface area contributed by atoms with Crippen LogP contribution in [0, 0.1) is 0 Å². The summed E-state index contributed by atoms with van der Waals surface area (Å²) in [6.07, 6.45) is 2.67. The molecule has 13 heavy (non-hydrogen) atoms. The van der Waals surface area contributed by atoms with Crippen molar-refractivity contribution in [2.24, 2.45) is 0 Å². The highest BCUT2D eigenvalue weighted by Gasteiger charge is 2.16. The second-order valence-electron chi connectivity index (χ2n) is 2.73. The topological polar surface area (TPSA) is 59.9 Å². The third-order valence-electron chi connectivity index (χ3n) is 1.62. The van der Waals surface area contributed by atoms with Crippen LogP contribution in [0.4, 0.5) is 0 Å². The number of nitrogens with zero attached hydrogens (tertiary/aromatic N) is 2. The van der Waals surface area contributed by atoms with Crippen molar-refractivity contribution >= 4 is 21.2 Å². The lowest BCUT2D eigenvalue weighted by Crippen LogP contribution is -2.06. The normalized spacial score (nSPS) is 11.8. The molecule has 0 unspecified atom stereocenters. The Bertz CT molecular complexity index is 331. The number of sulfone groups is 1. The number of hydrogen-bond acceptors (Lipinski definition) is 5. The molecular formula is C7H12N2O2S2. The van der Waals surface area contributed by atoms with Crippen LogP contribution in [0.15, 0.2) is 9.85 Å². The molecular weight excluding hydrogens is 208 g/mol. The van der Waals surface area contributed by atoms with Gasteiger partial charge in [0.1, 0.15) is 5.51 Å². The zero-order valence-electron chi connectivity index (χ0n) is 7.43. The molecule has 0 amide bonds. The highest BCUT2D eigenvalue weighted by Crippen LogP contribution is 2.13. The van der Waals surface area contributed by atoms with E-state index in [4.69, 9.17) is 0 Å². The fraction of sp³-hybridized carbons (Fsp3) is 0.714. The summed E-state index contributed by atoms with van der Waals surface area (Å²) < 4.78 is 23.1. The molecule has 1 aromatic rings. The van der Waals surface area contributed by atoms with Gasteiger partial charge in [-0.25, -0.2) is 8.42 Å². The van der Waals surface area contributed by atoms with Gasteiger partial charge in [0.05, 0.1) is 5.75 Å². The van der Waals surface area contributed by atoms with Gasteiger partial charge >= 0.3 is 0 Å². The van der Waals surface area contributed by atoms with E-state index in [-0.39, 0.29) is 10.1 Å². The van der Waals surface area contributed by atoms with Gasteiger partial charge in [-0.15, -0.1) is 10.2 Å². The number of rotatable bonds is 5. The first-order valence-corrected chi connectivity index (χ1v) is 6.69. The van der Waals surface area contributed by atoms with Crippen molar-refractivity contribution in [1.29, 1.82) is 0 Å². The molecule has 0 atom stereocenters. The highest BCUT2D eigenvalue weighted by atomic mass is 32.2. The largest absolute Gasteiger partial charge is 0.232 e. The minimum Gasteiger partial charge on any atom is -0.221 e. The van der Waals surface area contributed by atoms with Crippen LogP contribution in [0.5, 0.6) is 0 Å². The Kier molecular flexibility index (Phi) is 3.80. The predicted octanol–water partition coefficient (Wildman–Crippen LogP) is 1.50. The van der Waals surface area contributed by atoms with E-state index < -0.39 is 9.84 Å². The molecule has 4 nitrogen and oxygen atoms in total. The smallest absolute Gasteiger partial charge is 0.221 e. The summed E-state index contributed by atoms with van der Waals surface area (Å²) in [5, 5.41) is 7.05. The van der Waals surface area contributed by atoms with Crippen LogP contribution >= 0.6 is 11.3 Å². The first kappa shape index (κ1) is 10.6. The zero-order valence-corrected chi connectivity index (χ0v) is 9.07. The van der Waals surface area contributed by atoms with E-state index in [0.29, 0.717) is 6.42 Å². The summed E-state index contributed by atoms with van der Waals surface area (Å²) >= 11 is 1.08. The standard InChI is InChI=1S/C7H12N2O2S2/c1-2-3-4-5-13(10,11)7-9-8-6-12-7/h6H,2-5H2,1H3. The monoisotopic (exact) mass is 220 g/mol. The van der Waals surface area contributed by atoms with Crippen LogP contribution in [-0.2, 0) is 9.84 Å². The average molecular weight is 220 g/mol. The van der Waals surface area contributed by atoms with E-state index >= 15 is 0 Å². The van der Waals surface area contributed by atoms with Crippen molar-refractivity contribution in [2.45, 2.75) is 30.5 Å². The van der Waals surface area contributed by atoms with E-state index in [1.165, 1.54) is 5.51 Å². The maximum Gasteiger partial charge on any atom is 0.232 e. The SMILES string of the molecule is CCCCCS(=O)(=O)c1nncs1. The minimum absolute atomic E-state index is 0.142. The minimum atomic E-state index is -3.14. The molecule has 1 rings (SSSR count). The summed E-state index contributed by atoms with van der Waals surface area (Å²) in [5.74, 6) is 0.191. The lowest BCUT2D eigenvalue weighted by Gasteiger charge is -1.97. The molecule has 0 aliphatic heterocycles. The van der Waals surface area contributed by atoms with E-state index in [1.807, 2.05) is 6.92 Å². The fourth-order valence-electron chi connectivity index (χ4n) is 0.928. The fourth-order valence-corrected chi connectivity index (χ4v) is 3.10. The molecule has 0 aliphatic rings. The number of aromatic nitrogens is 2. The van der Waals surface area contributed by atoms with Crippen LogP contribution in [0.2, 0.25) is 0 Å². The van der Waals surface area contributed by atoms with Crippen molar-refractivity contribution in [3.63, 3.8) is 0 Å². The molecule has 1 heterocycles. The Labute approximate surface area is 81.9 Å². The van der Waals surface area contributed by atoms with E-state index in [2.05, 4.69) is 10.2 Å². The molecule has 0 aliphatic carbocycles. The van der Waals surface area contributed by atoms with Gasteiger partial charge < -0.3 is 0 Å². The van der Waals surface area contributed by atoms with Gasteiger partial charge in [0.25, 0.3) is 0 Å².